The summed E-state index contributed by atoms with van der Waals surface area (Å²) in [6.45, 7) is 2.12. The van der Waals surface area contributed by atoms with Crippen LogP contribution in [0, 0.1) is 10.1 Å². The molecule has 0 aliphatic carbocycles. The smallest absolute Gasteiger partial charge is 0.301 e. The lowest BCUT2D eigenvalue weighted by molar-refractivity contribution is -0.388. The maximum absolute atomic E-state index is 10.7. The highest BCUT2D eigenvalue weighted by Crippen LogP contribution is 2.30. The first-order valence-electron chi connectivity index (χ1n) is 5.18. The summed E-state index contributed by atoms with van der Waals surface area (Å²) in [5.41, 5.74) is 5.55. The number of nitrogens with zero attached hydrogens (tertiary/aromatic N) is 2. The van der Waals surface area contributed by atoms with Gasteiger partial charge in [0.25, 0.3) is 0 Å². The van der Waals surface area contributed by atoms with Gasteiger partial charge in [-0.1, -0.05) is 19.8 Å². The number of hydrogen-bond donors (Lipinski definition) is 1. The maximum Gasteiger partial charge on any atom is 0.301 e. The summed E-state index contributed by atoms with van der Waals surface area (Å²) in [4.78, 5) is 14.6. The molecule has 0 aromatic carbocycles. The van der Waals surface area contributed by atoms with Gasteiger partial charge in [-0.05, 0) is 12.2 Å². The topological polar surface area (TPSA) is 82.0 Å². The van der Waals surface area contributed by atoms with Crippen molar-refractivity contribution >= 4 is 23.3 Å². The van der Waals surface area contributed by atoms with E-state index >= 15 is 0 Å². The zero-order chi connectivity index (χ0) is 12.0. The molecule has 0 saturated carbocycles. The van der Waals surface area contributed by atoms with E-state index in [0.29, 0.717) is 10.7 Å². The van der Waals surface area contributed by atoms with Crippen molar-refractivity contribution in [1.82, 2.24) is 4.98 Å². The van der Waals surface area contributed by atoms with Crippen LogP contribution >= 0.6 is 11.8 Å². The summed E-state index contributed by atoms with van der Waals surface area (Å²) in [5, 5.41) is 10.7. The molecule has 88 valence electrons. The Morgan fingerprint density at radius 3 is 2.94 bits per heavy atom. The molecule has 6 heteroatoms. The number of unbranched alkanes of at least 4 members (excludes halogenated alkanes) is 2. The van der Waals surface area contributed by atoms with Crippen LogP contribution in [-0.4, -0.2) is 15.7 Å². The number of nitrogen functional groups attached to an aromatic ring is 1. The molecular weight excluding hydrogens is 226 g/mol. The number of pyridine rings is 1. The summed E-state index contributed by atoms with van der Waals surface area (Å²) in [7, 11) is 0. The van der Waals surface area contributed by atoms with E-state index in [-0.39, 0.29) is 5.69 Å². The number of thioether (sulfide) groups is 1. The number of aromatic nitrogens is 1. The Hall–Kier alpha value is -1.30. The lowest BCUT2D eigenvalue weighted by Crippen LogP contribution is -1.96. The van der Waals surface area contributed by atoms with Gasteiger partial charge in [0.1, 0.15) is 12.0 Å². The molecule has 1 aromatic rings. The van der Waals surface area contributed by atoms with Crippen molar-refractivity contribution in [2.24, 2.45) is 0 Å². The largest absolute Gasteiger partial charge is 0.384 e. The molecule has 0 fully saturated rings. The molecule has 16 heavy (non-hydrogen) atoms. The molecule has 0 spiro atoms. The van der Waals surface area contributed by atoms with Crippen LogP contribution in [-0.2, 0) is 0 Å². The van der Waals surface area contributed by atoms with Crippen LogP contribution in [0.3, 0.4) is 0 Å². The maximum atomic E-state index is 10.7. The third-order valence-electron chi connectivity index (χ3n) is 2.07. The zero-order valence-electron chi connectivity index (χ0n) is 9.18. The average Bonchev–Trinajstić information content (AvgIpc) is 2.24. The molecular formula is C10H15N3O2S. The molecule has 0 saturated heterocycles. The van der Waals surface area contributed by atoms with Gasteiger partial charge in [0.2, 0.25) is 0 Å². The summed E-state index contributed by atoms with van der Waals surface area (Å²) in [6, 6.07) is 1.56. The Morgan fingerprint density at radius 1 is 1.56 bits per heavy atom. The second kappa shape index (κ2) is 6.32. The van der Waals surface area contributed by atoms with Crippen molar-refractivity contribution in [1.29, 1.82) is 0 Å². The Balaban J connectivity index is 2.68. The van der Waals surface area contributed by atoms with Crippen LogP contribution in [0.4, 0.5) is 11.5 Å². The van der Waals surface area contributed by atoms with E-state index in [1.807, 2.05) is 0 Å². The lowest BCUT2D eigenvalue weighted by Gasteiger charge is -2.03. The van der Waals surface area contributed by atoms with Crippen molar-refractivity contribution in [2.75, 3.05) is 11.5 Å². The number of nitrogens with two attached hydrogens (primary N) is 1. The normalized spacial score (nSPS) is 10.3. The van der Waals surface area contributed by atoms with Gasteiger partial charge < -0.3 is 5.73 Å². The van der Waals surface area contributed by atoms with Gasteiger partial charge in [0.15, 0.2) is 0 Å². The molecule has 5 nitrogen and oxygen atoms in total. The molecule has 0 aliphatic heterocycles. The van der Waals surface area contributed by atoms with Gasteiger partial charge in [-0.25, -0.2) is 4.98 Å². The summed E-state index contributed by atoms with van der Waals surface area (Å²) < 4.78 is 0. The van der Waals surface area contributed by atoms with Crippen LogP contribution < -0.4 is 5.73 Å². The Bertz CT molecular complexity index is 371. The summed E-state index contributed by atoms with van der Waals surface area (Å²) in [5.74, 6) is 1.20. The van der Waals surface area contributed by atoms with Gasteiger partial charge in [-0.15, -0.1) is 11.8 Å². The van der Waals surface area contributed by atoms with Crippen molar-refractivity contribution in [3.05, 3.63) is 22.4 Å². The lowest BCUT2D eigenvalue weighted by atomic mass is 10.3. The molecule has 1 heterocycles. The number of hydrogen-bond acceptors (Lipinski definition) is 5. The van der Waals surface area contributed by atoms with Gasteiger partial charge >= 0.3 is 5.69 Å². The van der Waals surface area contributed by atoms with E-state index < -0.39 is 4.92 Å². The third kappa shape index (κ3) is 3.69. The van der Waals surface area contributed by atoms with Gasteiger partial charge in [-0.2, -0.15) is 0 Å². The first-order valence-corrected chi connectivity index (χ1v) is 6.16. The van der Waals surface area contributed by atoms with Gasteiger partial charge in [0.05, 0.1) is 9.82 Å². The third-order valence-corrected chi connectivity index (χ3v) is 3.20. The molecule has 0 amide bonds. The fourth-order valence-corrected chi connectivity index (χ4v) is 2.28. The average molecular weight is 241 g/mol. The Kier molecular flexibility index (Phi) is 5.04. The van der Waals surface area contributed by atoms with E-state index in [1.165, 1.54) is 18.0 Å². The molecule has 1 aromatic heterocycles. The second-order valence-electron chi connectivity index (χ2n) is 3.39. The minimum Gasteiger partial charge on any atom is -0.384 e. The Labute approximate surface area is 98.6 Å². The highest BCUT2D eigenvalue weighted by molar-refractivity contribution is 7.99. The van der Waals surface area contributed by atoms with Crippen LogP contribution in [0.5, 0.6) is 0 Å². The molecule has 0 unspecified atom stereocenters. The van der Waals surface area contributed by atoms with Gasteiger partial charge in [-0.3, -0.25) is 10.1 Å². The highest BCUT2D eigenvalue weighted by atomic mass is 32.2. The second-order valence-corrected chi connectivity index (χ2v) is 4.53. The number of nitro groups is 1. The SMILES string of the molecule is CCCCCSc1cc(N)ncc1[N+](=O)[O-]. The highest BCUT2D eigenvalue weighted by Gasteiger charge is 2.14. The minimum absolute atomic E-state index is 0.0377. The van der Waals surface area contributed by atoms with Crippen molar-refractivity contribution in [2.45, 2.75) is 31.1 Å². The van der Waals surface area contributed by atoms with Crippen molar-refractivity contribution < 1.29 is 4.92 Å². The first kappa shape index (κ1) is 12.8. The van der Waals surface area contributed by atoms with E-state index in [9.17, 15) is 10.1 Å². The molecule has 0 bridgehead atoms. The Morgan fingerprint density at radius 2 is 2.31 bits per heavy atom. The monoisotopic (exact) mass is 241 g/mol. The molecule has 2 N–H and O–H groups in total. The summed E-state index contributed by atoms with van der Waals surface area (Å²) >= 11 is 1.47. The van der Waals surface area contributed by atoms with E-state index in [0.717, 1.165) is 25.0 Å². The quantitative estimate of drug-likeness (QED) is 0.358. The van der Waals surface area contributed by atoms with Crippen LogP contribution in [0.1, 0.15) is 26.2 Å². The van der Waals surface area contributed by atoms with Gasteiger partial charge in [0, 0.05) is 6.07 Å². The van der Waals surface area contributed by atoms with E-state index in [4.69, 9.17) is 5.73 Å². The molecule has 0 atom stereocenters. The van der Waals surface area contributed by atoms with E-state index in [1.54, 1.807) is 6.07 Å². The predicted octanol–water partition coefficient (Wildman–Crippen LogP) is 2.85. The summed E-state index contributed by atoms with van der Waals surface area (Å²) in [6.07, 6.45) is 4.56. The van der Waals surface area contributed by atoms with E-state index in [2.05, 4.69) is 11.9 Å². The zero-order valence-corrected chi connectivity index (χ0v) is 10.00. The standard InChI is InChI=1S/C10H15N3O2S/c1-2-3-4-5-16-9-6-10(11)12-7-8(9)13(14)15/h6-7H,2-5H2,1H3,(H2,11,12). The molecule has 0 aliphatic rings. The first-order chi connectivity index (χ1) is 7.65. The number of anilines is 1. The van der Waals surface area contributed by atoms with Crippen molar-refractivity contribution in [3.8, 4) is 0 Å². The van der Waals surface area contributed by atoms with Crippen LogP contribution in [0.2, 0.25) is 0 Å². The van der Waals surface area contributed by atoms with Crippen LogP contribution in [0.25, 0.3) is 0 Å². The van der Waals surface area contributed by atoms with Crippen LogP contribution in [0.15, 0.2) is 17.2 Å². The minimum atomic E-state index is -0.422. The fraction of sp³-hybridized carbons (Fsp3) is 0.500. The fourth-order valence-electron chi connectivity index (χ4n) is 1.23. The predicted molar refractivity (Wildman–Crippen MR) is 65.6 cm³/mol. The van der Waals surface area contributed by atoms with Crippen molar-refractivity contribution in [3.63, 3.8) is 0 Å². The molecule has 0 radical (unpaired) electrons. The number of rotatable bonds is 6. The molecule has 1 rings (SSSR count).